The largest absolute Gasteiger partial charge is 0.388 e. The highest BCUT2D eigenvalue weighted by Crippen LogP contribution is 2.31. The Labute approximate surface area is 131 Å². The SMILES string of the molecule is C=C(NC)c1cc(F)cc(CC)c1N=C(C)c1ccccc1. The zero-order valence-corrected chi connectivity index (χ0v) is 13.3. The number of hydrogen-bond donors (Lipinski definition) is 1. The van der Waals surface area contributed by atoms with E-state index in [0.29, 0.717) is 17.7 Å². The van der Waals surface area contributed by atoms with Crippen LogP contribution in [0, 0.1) is 5.82 Å². The van der Waals surface area contributed by atoms with Crippen molar-refractivity contribution >= 4 is 17.1 Å². The molecule has 1 N–H and O–H groups in total. The molecule has 22 heavy (non-hydrogen) atoms. The molecule has 3 heteroatoms. The maximum Gasteiger partial charge on any atom is 0.124 e. The van der Waals surface area contributed by atoms with Crippen molar-refractivity contribution in [2.75, 3.05) is 7.05 Å². The Balaban J connectivity index is 2.60. The van der Waals surface area contributed by atoms with Gasteiger partial charge in [-0.2, -0.15) is 0 Å². The number of hydrogen-bond acceptors (Lipinski definition) is 2. The number of nitrogens with one attached hydrogen (secondary N) is 1. The summed E-state index contributed by atoms with van der Waals surface area (Å²) in [6.45, 7) is 7.91. The Bertz CT molecular complexity index is 703. The summed E-state index contributed by atoms with van der Waals surface area (Å²) in [5, 5.41) is 2.98. The third-order valence-corrected chi connectivity index (χ3v) is 3.63. The van der Waals surface area contributed by atoms with Crippen LogP contribution in [-0.2, 0) is 6.42 Å². The summed E-state index contributed by atoms with van der Waals surface area (Å²) in [6, 6.07) is 13.0. The van der Waals surface area contributed by atoms with E-state index in [2.05, 4.69) is 11.9 Å². The topological polar surface area (TPSA) is 24.4 Å². The molecule has 2 aromatic rings. The van der Waals surface area contributed by atoms with Crippen LogP contribution in [-0.4, -0.2) is 12.8 Å². The molecular formula is C19H21FN2. The van der Waals surface area contributed by atoms with Crippen molar-refractivity contribution in [3.63, 3.8) is 0 Å². The molecule has 0 heterocycles. The van der Waals surface area contributed by atoms with Gasteiger partial charge >= 0.3 is 0 Å². The Morgan fingerprint density at radius 2 is 1.91 bits per heavy atom. The first-order chi connectivity index (χ1) is 10.6. The van der Waals surface area contributed by atoms with Gasteiger partial charge in [-0.05, 0) is 36.6 Å². The van der Waals surface area contributed by atoms with Crippen molar-refractivity contribution in [2.24, 2.45) is 4.99 Å². The van der Waals surface area contributed by atoms with E-state index >= 15 is 0 Å². The van der Waals surface area contributed by atoms with Gasteiger partial charge in [0.05, 0.1) is 5.69 Å². The van der Waals surface area contributed by atoms with Gasteiger partial charge in [-0.1, -0.05) is 43.8 Å². The minimum absolute atomic E-state index is 0.264. The second kappa shape index (κ2) is 7.03. The van der Waals surface area contributed by atoms with Crippen molar-refractivity contribution in [3.05, 3.63) is 71.6 Å². The highest BCUT2D eigenvalue weighted by molar-refractivity contribution is 6.01. The molecule has 0 amide bonds. The van der Waals surface area contributed by atoms with Crippen LogP contribution < -0.4 is 5.32 Å². The van der Waals surface area contributed by atoms with Crippen LogP contribution in [0.3, 0.4) is 0 Å². The molecule has 0 atom stereocenters. The minimum Gasteiger partial charge on any atom is -0.388 e. The predicted octanol–water partition coefficient (Wildman–Crippen LogP) is 4.72. The van der Waals surface area contributed by atoms with Gasteiger partial charge in [0.15, 0.2) is 0 Å². The van der Waals surface area contributed by atoms with E-state index in [4.69, 9.17) is 4.99 Å². The standard InChI is InChI=1S/C19H21FN2/c1-5-15-11-17(20)12-18(14(3)21-4)19(15)22-13(2)16-9-7-6-8-10-16/h6-12,21H,3,5H2,1-2,4H3. The van der Waals surface area contributed by atoms with Crippen LogP contribution in [0.15, 0.2) is 54.0 Å². The Morgan fingerprint density at radius 1 is 1.23 bits per heavy atom. The van der Waals surface area contributed by atoms with Crippen molar-refractivity contribution in [1.82, 2.24) is 5.32 Å². The van der Waals surface area contributed by atoms with Gasteiger partial charge < -0.3 is 5.32 Å². The van der Waals surface area contributed by atoms with Crippen LogP contribution in [0.1, 0.15) is 30.5 Å². The maximum atomic E-state index is 13.8. The van der Waals surface area contributed by atoms with Gasteiger partial charge in [-0.25, -0.2) is 4.39 Å². The first-order valence-electron chi connectivity index (χ1n) is 7.37. The molecule has 2 nitrogen and oxygen atoms in total. The second-order valence-corrected chi connectivity index (χ2v) is 5.11. The third-order valence-electron chi connectivity index (χ3n) is 3.63. The van der Waals surface area contributed by atoms with E-state index in [0.717, 1.165) is 22.5 Å². The molecule has 0 saturated heterocycles. The Kier molecular flexibility index (Phi) is 5.10. The summed E-state index contributed by atoms with van der Waals surface area (Å²) >= 11 is 0. The van der Waals surface area contributed by atoms with Gasteiger partial charge in [0.1, 0.15) is 5.82 Å². The summed E-state index contributed by atoms with van der Waals surface area (Å²) in [7, 11) is 1.77. The summed E-state index contributed by atoms with van der Waals surface area (Å²) < 4.78 is 13.8. The number of aliphatic imine (C=N–C) groups is 1. The zero-order chi connectivity index (χ0) is 16.1. The monoisotopic (exact) mass is 296 g/mol. The van der Waals surface area contributed by atoms with Gasteiger partial charge in [-0.15, -0.1) is 0 Å². The smallest absolute Gasteiger partial charge is 0.124 e. The van der Waals surface area contributed by atoms with Crippen LogP contribution >= 0.6 is 0 Å². The van der Waals surface area contributed by atoms with Crippen molar-refractivity contribution in [2.45, 2.75) is 20.3 Å². The minimum atomic E-state index is -0.264. The molecule has 0 fully saturated rings. The molecular weight excluding hydrogens is 275 g/mol. The molecule has 0 bridgehead atoms. The fourth-order valence-corrected chi connectivity index (χ4v) is 2.33. The third kappa shape index (κ3) is 3.42. The van der Waals surface area contributed by atoms with Gasteiger partial charge in [0, 0.05) is 24.0 Å². The summed E-state index contributed by atoms with van der Waals surface area (Å²) in [6.07, 6.45) is 0.711. The van der Waals surface area contributed by atoms with Crippen LogP contribution in [0.5, 0.6) is 0 Å². The van der Waals surface area contributed by atoms with E-state index in [9.17, 15) is 4.39 Å². The normalized spacial score (nSPS) is 11.4. The summed E-state index contributed by atoms with van der Waals surface area (Å²) in [5.74, 6) is -0.264. The number of nitrogens with zero attached hydrogens (tertiary/aromatic N) is 1. The summed E-state index contributed by atoms with van der Waals surface area (Å²) in [5.41, 5.74) is 4.97. The molecule has 0 aliphatic carbocycles. The molecule has 0 aromatic heterocycles. The van der Waals surface area contributed by atoms with Crippen LogP contribution in [0.2, 0.25) is 0 Å². The van der Waals surface area contributed by atoms with Crippen molar-refractivity contribution in [1.29, 1.82) is 0 Å². The molecule has 0 aliphatic rings. The second-order valence-electron chi connectivity index (χ2n) is 5.11. The first-order valence-corrected chi connectivity index (χ1v) is 7.37. The quantitative estimate of drug-likeness (QED) is 0.793. The lowest BCUT2D eigenvalue weighted by atomic mass is 10.0. The molecule has 0 spiro atoms. The highest BCUT2D eigenvalue weighted by Gasteiger charge is 2.12. The van der Waals surface area contributed by atoms with Gasteiger partial charge in [0.25, 0.3) is 0 Å². The number of aryl methyl sites for hydroxylation is 1. The first kappa shape index (κ1) is 16.0. The highest BCUT2D eigenvalue weighted by atomic mass is 19.1. The number of rotatable bonds is 5. The molecule has 0 saturated carbocycles. The van der Waals surface area contributed by atoms with Gasteiger partial charge in [-0.3, -0.25) is 4.99 Å². The lowest BCUT2D eigenvalue weighted by Crippen LogP contribution is -2.05. The number of halogens is 1. The molecule has 0 aliphatic heterocycles. The lowest BCUT2D eigenvalue weighted by molar-refractivity contribution is 0.625. The van der Waals surface area contributed by atoms with Crippen molar-refractivity contribution < 1.29 is 4.39 Å². The van der Waals surface area contributed by atoms with Crippen LogP contribution in [0.25, 0.3) is 5.70 Å². The van der Waals surface area contributed by atoms with E-state index in [-0.39, 0.29) is 5.82 Å². The van der Waals surface area contributed by atoms with Gasteiger partial charge in [0.2, 0.25) is 0 Å². The van der Waals surface area contributed by atoms with E-state index < -0.39 is 0 Å². The molecule has 2 aromatic carbocycles. The molecule has 0 radical (unpaired) electrons. The van der Waals surface area contributed by atoms with E-state index in [1.54, 1.807) is 13.1 Å². The average molecular weight is 296 g/mol. The summed E-state index contributed by atoms with van der Waals surface area (Å²) in [4.78, 5) is 4.76. The molecule has 114 valence electrons. The Hall–Kier alpha value is -2.42. The van der Waals surface area contributed by atoms with Crippen molar-refractivity contribution in [3.8, 4) is 0 Å². The fraction of sp³-hybridized carbons (Fsp3) is 0.211. The molecule has 0 unspecified atom stereocenters. The lowest BCUT2D eigenvalue weighted by Gasteiger charge is -2.14. The van der Waals surface area contributed by atoms with E-state index in [1.807, 2.05) is 44.2 Å². The zero-order valence-electron chi connectivity index (χ0n) is 13.3. The molecule has 2 rings (SSSR count). The number of benzene rings is 2. The average Bonchev–Trinajstić information content (AvgIpc) is 2.55. The van der Waals surface area contributed by atoms with E-state index in [1.165, 1.54) is 6.07 Å². The predicted molar refractivity (Wildman–Crippen MR) is 92.2 cm³/mol. The Morgan fingerprint density at radius 3 is 2.50 bits per heavy atom. The maximum absolute atomic E-state index is 13.8. The fourth-order valence-electron chi connectivity index (χ4n) is 2.33. The van der Waals surface area contributed by atoms with Crippen LogP contribution in [0.4, 0.5) is 10.1 Å².